The quantitative estimate of drug-likeness (QED) is 0.731. The summed E-state index contributed by atoms with van der Waals surface area (Å²) in [5, 5.41) is 5.64. The van der Waals surface area contributed by atoms with E-state index in [4.69, 9.17) is 4.74 Å². The van der Waals surface area contributed by atoms with Crippen LogP contribution in [0.2, 0.25) is 0 Å². The fourth-order valence-corrected chi connectivity index (χ4v) is 2.63. The first kappa shape index (κ1) is 21.2. The summed E-state index contributed by atoms with van der Waals surface area (Å²) < 4.78 is 5.51. The predicted octanol–water partition coefficient (Wildman–Crippen LogP) is 2.94. The number of para-hydroxylation sites is 1. The predicted molar refractivity (Wildman–Crippen MR) is 111 cm³/mol. The molecule has 2 N–H and O–H groups in total. The molecule has 2 rings (SSSR count). The number of benzene rings is 1. The van der Waals surface area contributed by atoms with Crippen molar-refractivity contribution in [3.05, 3.63) is 48.2 Å². The van der Waals surface area contributed by atoms with Gasteiger partial charge < -0.3 is 20.3 Å². The van der Waals surface area contributed by atoms with Crippen molar-refractivity contribution in [1.29, 1.82) is 0 Å². The second kappa shape index (κ2) is 9.73. The number of amides is 2. The number of hydrogen-bond acceptors (Lipinski definition) is 5. The summed E-state index contributed by atoms with van der Waals surface area (Å²) in [5.74, 6) is 0.543. The van der Waals surface area contributed by atoms with Crippen molar-refractivity contribution < 1.29 is 14.3 Å². The normalized spacial score (nSPS) is 11.6. The van der Waals surface area contributed by atoms with E-state index in [1.165, 1.54) is 0 Å². The zero-order valence-electron chi connectivity index (χ0n) is 17.0. The first-order valence-electron chi connectivity index (χ1n) is 9.30. The average Bonchev–Trinajstić information content (AvgIpc) is 2.66. The SMILES string of the molecule is CCOc1ccccc1C(=O)NC(C(=O)Nc1ccc(N(C)C)nc1)C(C)C. The minimum absolute atomic E-state index is 0.0998. The van der Waals surface area contributed by atoms with Crippen LogP contribution in [0.25, 0.3) is 0 Å². The number of anilines is 2. The fraction of sp³-hybridized carbons (Fsp3) is 0.381. The molecular weight excluding hydrogens is 356 g/mol. The van der Waals surface area contributed by atoms with Crippen LogP contribution < -0.4 is 20.3 Å². The Labute approximate surface area is 166 Å². The number of carbonyl (C=O) groups is 2. The third-order valence-electron chi connectivity index (χ3n) is 4.14. The lowest BCUT2D eigenvalue weighted by Gasteiger charge is -2.22. The number of hydrogen-bond donors (Lipinski definition) is 2. The van der Waals surface area contributed by atoms with E-state index in [0.29, 0.717) is 23.6 Å². The molecule has 0 aliphatic heterocycles. The van der Waals surface area contributed by atoms with Crippen molar-refractivity contribution in [3.63, 3.8) is 0 Å². The van der Waals surface area contributed by atoms with E-state index >= 15 is 0 Å². The Bertz CT molecular complexity index is 804. The topological polar surface area (TPSA) is 83.6 Å². The van der Waals surface area contributed by atoms with Gasteiger partial charge in [0.15, 0.2) is 0 Å². The highest BCUT2D eigenvalue weighted by atomic mass is 16.5. The lowest BCUT2D eigenvalue weighted by molar-refractivity contribution is -0.118. The molecule has 150 valence electrons. The molecule has 0 radical (unpaired) electrons. The van der Waals surface area contributed by atoms with Gasteiger partial charge in [-0.15, -0.1) is 0 Å². The first-order chi connectivity index (χ1) is 13.3. The van der Waals surface area contributed by atoms with Crippen molar-refractivity contribution in [2.75, 3.05) is 30.9 Å². The highest BCUT2D eigenvalue weighted by Gasteiger charge is 2.26. The molecule has 0 aliphatic rings. The van der Waals surface area contributed by atoms with Crippen LogP contribution in [0.15, 0.2) is 42.6 Å². The summed E-state index contributed by atoms with van der Waals surface area (Å²) in [6.07, 6.45) is 1.59. The van der Waals surface area contributed by atoms with Crippen LogP contribution in [-0.4, -0.2) is 43.5 Å². The second-order valence-electron chi connectivity index (χ2n) is 6.91. The standard InChI is InChI=1S/C21H28N4O3/c1-6-28-17-10-8-7-9-16(17)20(26)24-19(14(2)3)21(27)23-15-11-12-18(22-13-15)25(4)5/h7-14,19H,6H2,1-5H3,(H,23,27)(H,24,26). The Balaban J connectivity index is 2.12. The van der Waals surface area contributed by atoms with Gasteiger partial charge >= 0.3 is 0 Å². The highest BCUT2D eigenvalue weighted by molar-refractivity contribution is 6.02. The van der Waals surface area contributed by atoms with E-state index in [-0.39, 0.29) is 17.7 Å². The Morgan fingerprint density at radius 1 is 1.14 bits per heavy atom. The van der Waals surface area contributed by atoms with Gasteiger partial charge in [-0.3, -0.25) is 9.59 Å². The van der Waals surface area contributed by atoms with Gasteiger partial charge in [0.2, 0.25) is 5.91 Å². The highest BCUT2D eigenvalue weighted by Crippen LogP contribution is 2.19. The Kier molecular flexibility index (Phi) is 7.37. The summed E-state index contributed by atoms with van der Waals surface area (Å²) in [5.41, 5.74) is 0.977. The zero-order chi connectivity index (χ0) is 20.7. The van der Waals surface area contributed by atoms with Gasteiger partial charge in [0.05, 0.1) is 24.1 Å². The molecular formula is C21H28N4O3. The van der Waals surface area contributed by atoms with E-state index in [0.717, 1.165) is 5.82 Å². The fourth-order valence-electron chi connectivity index (χ4n) is 2.63. The monoisotopic (exact) mass is 384 g/mol. The number of nitrogens with zero attached hydrogens (tertiary/aromatic N) is 2. The molecule has 2 amide bonds. The van der Waals surface area contributed by atoms with Gasteiger partial charge in [0.1, 0.15) is 17.6 Å². The number of ether oxygens (including phenoxy) is 1. The van der Waals surface area contributed by atoms with Gasteiger partial charge in [-0.25, -0.2) is 4.98 Å². The molecule has 1 aromatic heterocycles. The molecule has 1 heterocycles. The third kappa shape index (κ3) is 5.45. The molecule has 1 aromatic carbocycles. The maximum absolute atomic E-state index is 12.8. The summed E-state index contributed by atoms with van der Waals surface area (Å²) in [6, 6.07) is 9.88. The molecule has 0 saturated carbocycles. The van der Waals surface area contributed by atoms with Crippen molar-refractivity contribution in [3.8, 4) is 5.75 Å². The van der Waals surface area contributed by atoms with Crippen molar-refractivity contribution in [1.82, 2.24) is 10.3 Å². The molecule has 0 saturated heterocycles. The largest absolute Gasteiger partial charge is 0.493 e. The average molecular weight is 384 g/mol. The molecule has 1 unspecified atom stereocenters. The third-order valence-corrected chi connectivity index (χ3v) is 4.14. The zero-order valence-corrected chi connectivity index (χ0v) is 17.0. The molecule has 7 nitrogen and oxygen atoms in total. The van der Waals surface area contributed by atoms with Gasteiger partial charge in [0, 0.05) is 14.1 Å². The maximum Gasteiger partial charge on any atom is 0.255 e. The van der Waals surface area contributed by atoms with E-state index in [9.17, 15) is 9.59 Å². The van der Waals surface area contributed by atoms with Crippen LogP contribution in [0, 0.1) is 5.92 Å². The molecule has 0 aliphatic carbocycles. The van der Waals surface area contributed by atoms with Crippen LogP contribution in [0.4, 0.5) is 11.5 Å². The molecule has 7 heteroatoms. The lowest BCUT2D eigenvalue weighted by Crippen LogP contribution is -2.47. The van der Waals surface area contributed by atoms with E-state index < -0.39 is 6.04 Å². The number of carbonyl (C=O) groups excluding carboxylic acids is 2. The molecule has 0 bridgehead atoms. The van der Waals surface area contributed by atoms with Gasteiger partial charge in [0.25, 0.3) is 5.91 Å². The molecule has 0 fully saturated rings. The van der Waals surface area contributed by atoms with Crippen LogP contribution in [0.3, 0.4) is 0 Å². The minimum atomic E-state index is -0.698. The Morgan fingerprint density at radius 3 is 2.43 bits per heavy atom. The van der Waals surface area contributed by atoms with Crippen molar-refractivity contribution in [2.45, 2.75) is 26.8 Å². The molecule has 2 aromatic rings. The minimum Gasteiger partial charge on any atom is -0.493 e. The Hall–Kier alpha value is -3.09. The van der Waals surface area contributed by atoms with Gasteiger partial charge in [-0.2, -0.15) is 0 Å². The van der Waals surface area contributed by atoms with Crippen molar-refractivity contribution >= 4 is 23.3 Å². The van der Waals surface area contributed by atoms with Crippen LogP contribution in [0.1, 0.15) is 31.1 Å². The Morgan fingerprint density at radius 2 is 1.86 bits per heavy atom. The first-order valence-corrected chi connectivity index (χ1v) is 9.30. The number of pyridine rings is 1. The van der Waals surface area contributed by atoms with Crippen LogP contribution >= 0.6 is 0 Å². The summed E-state index contributed by atoms with van der Waals surface area (Å²) in [6.45, 7) is 6.07. The number of nitrogens with one attached hydrogen (secondary N) is 2. The number of aromatic nitrogens is 1. The van der Waals surface area contributed by atoms with Crippen LogP contribution in [0.5, 0.6) is 5.75 Å². The van der Waals surface area contributed by atoms with Gasteiger partial charge in [-0.1, -0.05) is 26.0 Å². The van der Waals surface area contributed by atoms with E-state index in [1.807, 2.05) is 45.8 Å². The summed E-state index contributed by atoms with van der Waals surface area (Å²) in [7, 11) is 3.79. The van der Waals surface area contributed by atoms with E-state index in [2.05, 4.69) is 15.6 Å². The molecule has 28 heavy (non-hydrogen) atoms. The summed E-state index contributed by atoms with van der Waals surface area (Å²) >= 11 is 0. The summed E-state index contributed by atoms with van der Waals surface area (Å²) in [4.78, 5) is 31.7. The lowest BCUT2D eigenvalue weighted by atomic mass is 10.0. The molecule has 0 spiro atoms. The smallest absolute Gasteiger partial charge is 0.255 e. The number of rotatable bonds is 8. The molecule has 1 atom stereocenters. The van der Waals surface area contributed by atoms with Crippen molar-refractivity contribution in [2.24, 2.45) is 5.92 Å². The van der Waals surface area contributed by atoms with Gasteiger partial charge in [-0.05, 0) is 37.1 Å². The van der Waals surface area contributed by atoms with Crippen LogP contribution in [-0.2, 0) is 4.79 Å². The van der Waals surface area contributed by atoms with E-state index in [1.54, 1.807) is 36.5 Å². The maximum atomic E-state index is 12.8. The second-order valence-corrected chi connectivity index (χ2v) is 6.91.